The van der Waals surface area contributed by atoms with Crippen molar-refractivity contribution in [2.24, 2.45) is 0 Å². The Morgan fingerprint density at radius 3 is 2.57 bits per heavy atom. The third kappa shape index (κ3) is 6.28. The van der Waals surface area contributed by atoms with Gasteiger partial charge in [0.05, 0.1) is 4.90 Å². The van der Waals surface area contributed by atoms with Crippen LogP contribution in [-0.4, -0.2) is 32.0 Å². The average Bonchev–Trinajstić information content (AvgIpc) is 2.75. The summed E-state index contributed by atoms with van der Waals surface area (Å²) in [5, 5.41) is 3.31. The molecule has 1 unspecified atom stereocenters. The standard InChI is InChI=1S/C14H26N2O2S3/c1-6-19-9-11(4)16-21(17,18)14-7-13(20-12(14)5)8-15-10(2)3/h7,10-11,15-16H,6,8-9H2,1-5H3. The van der Waals surface area contributed by atoms with Crippen LogP contribution in [-0.2, 0) is 16.6 Å². The summed E-state index contributed by atoms with van der Waals surface area (Å²) < 4.78 is 27.7. The second kappa shape index (κ2) is 8.53. The summed E-state index contributed by atoms with van der Waals surface area (Å²) in [6, 6.07) is 2.12. The topological polar surface area (TPSA) is 58.2 Å². The summed E-state index contributed by atoms with van der Waals surface area (Å²) >= 11 is 3.28. The molecule has 1 aromatic rings. The lowest BCUT2D eigenvalue weighted by molar-refractivity contribution is 0.570. The highest BCUT2D eigenvalue weighted by Gasteiger charge is 2.22. The lowest BCUT2D eigenvalue weighted by atomic mass is 10.3. The molecule has 0 saturated heterocycles. The van der Waals surface area contributed by atoms with Gasteiger partial charge < -0.3 is 5.32 Å². The average molecular weight is 351 g/mol. The molecule has 0 aliphatic heterocycles. The Hall–Kier alpha value is -0.0800. The monoisotopic (exact) mass is 350 g/mol. The number of hydrogen-bond donors (Lipinski definition) is 2. The number of hydrogen-bond acceptors (Lipinski definition) is 5. The fraction of sp³-hybridized carbons (Fsp3) is 0.714. The number of rotatable bonds is 9. The zero-order chi connectivity index (χ0) is 16.0. The van der Waals surface area contributed by atoms with Gasteiger partial charge in [-0.05, 0) is 25.7 Å². The van der Waals surface area contributed by atoms with Crippen LogP contribution in [0.5, 0.6) is 0 Å². The van der Waals surface area contributed by atoms with Crippen molar-refractivity contribution in [1.82, 2.24) is 10.0 Å². The SMILES string of the molecule is CCSCC(C)NS(=O)(=O)c1cc(CNC(C)C)sc1C. The van der Waals surface area contributed by atoms with Crippen LogP contribution in [0.2, 0.25) is 0 Å². The van der Waals surface area contributed by atoms with Crippen molar-refractivity contribution in [2.45, 2.75) is 58.1 Å². The fourth-order valence-corrected chi connectivity index (χ4v) is 5.45. The minimum absolute atomic E-state index is 0.0588. The van der Waals surface area contributed by atoms with Crippen LogP contribution in [0.1, 0.15) is 37.4 Å². The highest BCUT2D eigenvalue weighted by molar-refractivity contribution is 7.99. The van der Waals surface area contributed by atoms with Crippen LogP contribution in [0.25, 0.3) is 0 Å². The first-order chi connectivity index (χ1) is 9.76. The number of thiophene rings is 1. The van der Waals surface area contributed by atoms with Crippen molar-refractivity contribution < 1.29 is 8.42 Å². The highest BCUT2D eigenvalue weighted by Crippen LogP contribution is 2.26. The van der Waals surface area contributed by atoms with E-state index in [9.17, 15) is 8.42 Å². The minimum atomic E-state index is -3.42. The molecule has 1 heterocycles. The Labute approximate surface area is 137 Å². The second-order valence-corrected chi connectivity index (χ2v) is 9.69. The van der Waals surface area contributed by atoms with Crippen molar-refractivity contribution in [2.75, 3.05) is 11.5 Å². The summed E-state index contributed by atoms with van der Waals surface area (Å²) in [6.07, 6.45) is 0. The van der Waals surface area contributed by atoms with E-state index in [0.717, 1.165) is 21.3 Å². The lowest BCUT2D eigenvalue weighted by Crippen LogP contribution is -2.34. The highest BCUT2D eigenvalue weighted by atomic mass is 32.2. The van der Waals surface area contributed by atoms with Gasteiger partial charge in [0.25, 0.3) is 0 Å². The Balaban J connectivity index is 2.78. The molecule has 0 spiro atoms. The predicted octanol–water partition coefficient (Wildman–Crippen LogP) is 2.97. The van der Waals surface area contributed by atoms with E-state index in [1.165, 1.54) is 0 Å². The van der Waals surface area contributed by atoms with Crippen LogP contribution in [0.15, 0.2) is 11.0 Å². The Bertz CT molecular complexity index is 538. The quantitative estimate of drug-likeness (QED) is 0.719. The maximum absolute atomic E-state index is 12.4. The molecular formula is C14H26N2O2S3. The van der Waals surface area contributed by atoms with E-state index < -0.39 is 10.0 Å². The minimum Gasteiger partial charge on any atom is -0.310 e. The molecule has 0 aliphatic carbocycles. The Morgan fingerprint density at radius 1 is 1.33 bits per heavy atom. The Kier molecular flexibility index (Phi) is 7.70. The van der Waals surface area contributed by atoms with Crippen molar-refractivity contribution in [1.29, 1.82) is 0 Å². The van der Waals surface area contributed by atoms with Gasteiger partial charge in [0, 0.05) is 34.1 Å². The van der Waals surface area contributed by atoms with E-state index in [4.69, 9.17) is 0 Å². The van der Waals surface area contributed by atoms with E-state index in [1.54, 1.807) is 29.2 Å². The van der Waals surface area contributed by atoms with Gasteiger partial charge in [-0.25, -0.2) is 13.1 Å². The van der Waals surface area contributed by atoms with Crippen LogP contribution in [0, 0.1) is 6.92 Å². The number of aryl methyl sites for hydroxylation is 1. The van der Waals surface area contributed by atoms with Crippen molar-refractivity contribution >= 4 is 33.1 Å². The molecule has 0 saturated carbocycles. The van der Waals surface area contributed by atoms with E-state index in [2.05, 4.69) is 30.8 Å². The lowest BCUT2D eigenvalue weighted by Gasteiger charge is -2.13. The number of nitrogens with one attached hydrogen (secondary N) is 2. The first-order valence-electron chi connectivity index (χ1n) is 7.19. The molecule has 7 heteroatoms. The molecule has 1 atom stereocenters. The Morgan fingerprint density at radius 2 is 2.00 bits per heavy atom. The van der Waals surface area contributed by atoms with Gasteiger partial charge in [0.1, 0.15) is 0 Å². The molecule has 21 heavy (non-hydrogen) atoms. The normalized spacial score (nSPS) is 13.8. The predicted molar refractivity (Wildman–Crippen MR) is 93.8 cm³/mol. The van der Waals surface area contributed by atoms with E-state index in [-0.39, 0.29) is 6.04 Å². The summed E-state index contributed by atoms with van der Waals surface area (Å²) in [7, 11) is -3.42. The number of sulfonamides is 1. The summed E-state index contributed by atoms with van der Waals surface area (Å²) in [5.41, 5.74) is 0. The fourth-order valence-electron chi connectivity index (χ4n) is 1.84. The van der Waals surface area contributed by atoms with Crippen molar-refractivity contribution in [3.63, 3.8) is 0 Å². The maximum atomic E-state index is 12.4. The van der Waals surface area contributed by atoms with Gasteiger partial charge >= 0.3 is 0 Å². The van der Waals surface area contributed by atoms with Crippen LogP contribution >= 0.6 is 23.1 Å². The zero-order valence-corrected chi connectivity index (χ0v) is 15.8. The maximum Gasteiger partial charge on any atom is 0.241 e. The molecule has 4 nitrogen and oxygen atoms in total. The van der Waals surface area contributed by atoms with Crippen LogP contribution < -0.4 is 10.0 Å². The van der Waals surface area contributed by atoms with E-state index in [0.29, 0.717) is 17.5 Å². The van der Waals surface area contributed by atoms with Crippen LogP contribution in [0.3, 0.4) is 0 Å². The van der Waals surface area contributed by atoms with Gasteiger partial charge in [-0.3, -0.25) is 0 Å². The first kappa shape index (κ1) is 19.0. The summed E-state index contributed by atoms with van der Waals surface area (Å²) in [4.78, 5) is 2.32. The smallest absolute Gasteiger partial charge is 0.241 e. The molecule has 0 amide bonds. The zero-order valence-electron chi connectivity index (χ0n) is 13.4. The van der Waals surface area contributed by atoms with E-state index >= 15 is 0 Å². The molecule has 0 aliphatic rings. The molecule has 1 rings (SSSR count). The molecule has 0 radical (unpaired) electrons. The third-order valence-corrected chi connectivity index (χ3v) is 6.87. The van der Waals surface area contributed by atoms with Gasteiger partial charge in [-0.15, -0.1) is 11.3 Å². The molecule has 122 valence electrons. The van der Waals surface area contributed by atoms with Crippen molar-refractivity contribution in [3.8, 4) is 0 Å². The first-order valence-corrected chi connectivity index (χ1v) is 10.6. The van der Waals surface area contributed by atoms with Crippen LogP contribution in [0.4, 0.5) is 0 Å². The molecule has 0 aromatic carbocycles. The van der Waals surface area contributed by atoms with Crippen molar-refractivity contribution in [3.05, 3.63) is 15.8 Å². The molecular weight excluding hydrogens is 324 g/mol. The molecule has 2 N–H and O–H groups in total. The molecule has 0 fully saturated rings. The van der Waals surface area contributed by atoms with Gasteiger partial charge in [0.15, 0.2) is 0 Å². The number of thioether (sulfide) groups is 1. The summed E-state index contributed by atoms with van der Waals surface area (Å²) in [6.45, 7) is 10.7. The molecule has 0 bridgehead atoms. The van der Waals surface area contributed by atoms with Gasteiger partial charge in [-0.1, -0.05) is 20.8 Å². The largest absolute Gasteiger partial charge is 0.310 e. The summed E-state index contributed by atoms with van der Waals surface area (Å²) in [5.74, 6) is 1.79. The van der Waals surface area contributed by atoms with Gasteiger partial charge in [0.2, 0.25) is 10.0 Å². The molecule has 1 aromatic heterocycles. The second-order valence-electron chi connectivity index (χ2n) is 5.35. The third-order valence-electron chi connectivity index (χ3n) is 2.83. The van der Waals surface area contributed by atoms with E-state index in [1.807, 2.05) is 13.8 Å². The van der Waals surface area contributed by atoms with Gasteiger partial charge in [-0.2, -0.15) is 11.8 Å².